The van der Waals surface area contributed by atoms with Gasteiger partial charge in [0, 0.05) is 74.8 Å². The lowest BCUT2D eigenvalue weighted by atomic mass is 10.1. The van der Waals surface area contributed by atoms with Gasteiger partial charge < -0.3 is 85.4 Å². The molecule has 3 amide bonds. The van der Waals surface area contributed by atoms with Crippen molar-refractivity contribution < 1.29 is 97.6 Å². The summed E-state index contributed by atoms with van der Waals surface area (Å²) in [6.45, 7) is -1.62. The summed E-state index contributed by atoms with van der Waals surface area (Å²) >= 11 is 0. The summed E-state index contributed by atoms with van der Waals surface area (Å²) in [5, 5.41) is 85.6. The van der Waals surface area contributed by atoms with E-state index in [0.717, 1.165) is 56.3 Å². The van der Waals surface area contributed by atoms with Crippen molar-refractivity contribution in [2.45, 2.75) is 37.0 Å². The number of aromatic nitrogens is 2. The Bertz CT molecular complexity index is 3450. The number of carbonyl (C=O) groups excluding carboxylic acids is 6. The third-order valence-electron chi connectivity index (χ3n) is 13.2. The minimum atomic E-state index is -1.99. The van der Waals surface area contributed by atoms with Gasteiger partial charge in [0.05, 0.1) is 22.3 Å². The smallest absolute Gasteiger partial charge is 0.341 e. The number of carbonyl (C=O) groups is 7. The Hall–Kier alpha value is -10.2. The zero-order valence-corrected chi connectivity index (χ0v) is 42.1. The number of aromatic hydroxyl groups is 6. The fraction of sp³-hybridized carbons (Fsp3) is 0.264. The van der Waals surface area contributed by atoms with Crippen LogP contribution in [-0.2, 0) is 28.6 Å². The first-order valence-corrected chi connectivity index (χ1v) is 24.4. The number of piperazine rings is 1. The molecule has 6 aromatic rings. The van der Waals surface area contributed by atoms with E-state index < -0.39 is 148 Å². The Balaban J connectivity index is 0.00000416. The number of carboxylic acid groups (broad SMARTS) is 1. The third-order valence-corrected chi connectivity index (χ3v) is 13.2. The normalized spacial score (nSPS) is 17.7. The molecule has 2 saturated heterocycles. The second-order valence-electron chi connectivity index (χ2n) is 18.2. The quantitative estimate of drug-likeness (QED) is 0.0372. The molecule has 3 fully saturated rings. The highest BCUT2D eigenvalue weighted by Gasteiger charge is 2.37. The van der Waals surface area contributed by atoms with Crippen molar-refractivity contribution in [3.8, 4) is 40.2 Å². The van der Waals surface area contributed by atoms with Crippen molar-refractivity contribution in [3.63, 3.8) is 0 Å². The molecule has 3 unspecified atom stereocenters. The van der Waals surface area contributed by atoms with Crippen molar-refractivity contribution in [2.75, 3.05) is 62.9 Å². The van der Waals surface area contributed by atoms with E-state index >= 15 is 4.39 Å². The van der Waals surface area contributed by atoms with Crippen LogP contribution in [0.15, 0.2) is 96.2 Å². The third kappa shape index (κ3) is 11.7. The van der Waals surface area contributed by atoms with Gasteiger partial charge in [0.1, 0.15) is 31.2 Å². The number of benzene rings is 4. The maximum Gasteiger partial charge on any atom is 0.341 e. The van der Waals surface area contributed by atoms with E-state index in [9.17, 15) is 74.1 Å². The Morgan fingerprint density at radius 1 is 0.600 bits per heavy atom. The van der Waals surface area contributed by atoms with Crippen LogP contribution in [0.1, 0.15) is 60.3 Å². The molecule has 0 bridgehead atoms. The van der Waals surface area contributed by atoms with Crippen molar-refractivity contribution in [2.24, 2.45) is 0 Å². The first kappa shape index (κ1) is 56.0. The Kier molecular flexibility index (Phi) is 16.5. The number of ether oxygens (including phenoxy) is 3. The number of esters is 3. The zero-order valence-electron chi connectivity index (χ0n) is 42.1. The Morgan fingerprint density at radius 2 is 1.07 bits per heavy atom. The van der Waals surface area contributed by atoms with E-state index in [-0.39, 0.29) is 22.8 Å². The average molecular weight is 1110 g/mol. The van der Waals surface area contributed by atoms with Crippen LogP contribution in [0.5, 0.6) is 34.5 Å². The molecule has 4 heterocycles. The number of fused-ring (bicyclic) bond motifs is 1. The summed E-state index contributed by atoms with van der Waals surface area (Å²) in [5.74, 6) is -14.7. The number of hydrogen-bond donors (Lipinski definition) is 11. The molecule has 3 aliphatic rings. The van der Waals surface area contributed by atoms with Crippen LogP contribution < -0.4 is 35.7 Å². The fourth-order valence-electron chi connectivity index (χ4n) is 8.85. The molecular weight excluding hydrogens is 1060 g/mol. The lowest BCUT2D eigenvalue weighted by Gasteiger charge is -2.37. The van der Waals surface area contributed by atoms with Crippen LogP contribution in [0.25, 0.3) is 16.6 Å². The number of nitrogens with one attached hydrogen (secondary N) is 3. The Labute approximate surface area is 450 Å². The number of amides is 3. The fourth-order valence-corrected chi connectivity index (χ4v) is 8.85. The van der Waals surface area contributed by atoms with Gasteiger partial charge in [0.25, 0.3) is 17.7 Å². The number of phenolic OH excluding ortho intramolecular Hbond substituents is 6. The zero-order chi connectivity index (χ0) is 57.7. The van der Waals surface area contributed by atoms with Gasteiger partial charge in [-0.1, -0.05) is 12.1 Å². The van der Waals surface area contributed by atoms with Gasteiger partial charge in [-0.3, -0.25) is 19.2 Å². The minimum Gasteiger partial charge on any atom is -0.504 e. The standard InChI is InChI=1S/C52H46FN7O18.CH4O/c53-31-19-29-36(60(26-7-8-26)21-30(42(29)64)49(71)72)20-37(31)59-17-15-57(16-18-59)25-11-13-58(14-12-25)35-9-10-40(63)45(67)41(35)48(70)56-34-24-78-51(74)32(54-46(68)27-3-1-5-38(61)43(27)65)22-76-50(73)33(23-77-52(34)75)55-47(69)28-4-2-6-39(62)44(28)66;1-2/h1-6,9-14,19-21,26,32-34H,7-8,15-18,22-24H2,(H9-,54,55,56,61,62,63,65,66,67,68,69,70,71,72);2H,1H3/p+1. The summed E-state index contributed by atoms with van der Waals surface area (Å²) in [7, 11) is 1.00. The largest absolute Gasteiger partial charge is 0.504 e. The summed E-state index contributed by atoms with van der Waals surface area (Å²) in [4.78, 5) is 110. The number of aromatic carboxylic acids is 1. The van der Waals surface area contributed by atoms with Crippen molar-refractivity contribution >= 4 is 63.9 Å². The summed E-state index contributed by atoms with van der Waals surface area (Å²) in [6, 6.07) is 9.20. The molecule has 80 heavy (non-hydrogen) atoms. The molecule has 26 nitrogen and oxygen atoms in total. The second kappa shape index (κ2) is 23.6. The maximum absolute atomic E-state index is 15.7. The number of nitrogens with zero attached hydrogens (tertiary/aromatic N) is 4. The molecule has 1 saturated carbocycles. The van der Waals surface area contributed by atoms with Crippen LogP contribution in [0.4, 0.5) is 15.8 Å². The number of phenols is 6. The molecule has 418 valence electrons. The van der Waals surface area contributed by atoms with Gasteiger partial charge in [0.15, 0.2) is 70.6 Å². The van der Waals surface area contributed by atoms with Gasteiger partial charge in [-0.05, 0) is 55.3 Å². The first-order valence-electron chi connectivity index (χ1n) is 24.4. The topological polar surface area (TPSA) is 377 Å². The van der Waals surface area contributed by atoms with E-state index in [1.807, 2.05) is 9.80 Å². The second-order valence-corrected chi connectivity index (χ2v) is 18.2. The van der Waals surface area contributed by atoms with Gasteiger partial charge in [-0.15, -0.1) is 0 Å². The maximum atomic E-state index is 15.7. The summed E-state index contributed by atoms with van der Waals surface area (Å²) < 4.78 is 34.7. The van der Waals surface area contributed by atoms with Gasteiger partial charge in [-0.2, -0.15) is 4.57 Å². The predicted molar refractivity (Wildman–Crippen MR) is 273 cm³/mol. The molecule has 3 atom stereocenters. The monoisotopic (exact) mass is 1110 g/mol. The van der Waals surface area contributed by atoms with Crippen LogP contribution in [0, 0.1) is 5.82 Å². The number of pyridine rings is 2. The SMILES string of the molecule is CO.O=C(NC1COC(=O)C(NC(=O)c2cccc(O)c2O)COC(=O)C(NC(=O)c2c(-[n+]3ccc(N4CCN(c5cc6c(cc5F)c(=O)c(C(=O)O)cn6C5CC5)CC4)cc3)ccc(O)c2O)COC1=O)c1cccc(O)c1O. The first-order chi connectivity index (χ1) is 38.3. The van der Waals surface area contributed by atoms with Gasteiger partial charge in [-0.25, -0.2) is 23.6 Å². The van der Waals surface area contributed by atoms with Crippen molar-refractivity contribution in [3.05, 3.63) is 130 Å². The highest BCUT2D eigenvalue weighted by Crippen LogP contribution is 2.39. The average Bonchev–Trinajstić information content (AvgIpc) is 4.30. The van der Waals surface area contributed by atoms with E-state index in [4.69, 9.17) is 19.3 Å². The van der Waals surface area contributed by atoms with Crippen LogP contribution in [0.3, 0.4) is 0 Å². The van der Waals surface area contributed by atoms with E-state index in [2.05, 4.69) is 16.0 Å². The number of aliphatic hydroxyl groups is 1. The molecule has 1 aliphatic carbocycles. The predicted octanol–water partition coefficient (Wildman–Crippen LogP) is 0.958. The number of anilines is 2. The number of halogens is 1. The minimum absolute atomic E-state index is 0.0112. The van der Waals surface area contributed by atoms with Gasteiger partial charge >= 0.3 is 23.9 Å². The Morgan fingerprint density at radius 3 is 1.56 bits per heavy atom. The molecule has 0 spiro atoms. The molecule has 11 N–H and O–H groups in total. The van der Waals surface area contributed by atoms with E-state index in [1.165, 1.54) is 41.4 Å². The lowest BCUT2D eigenvalue weighted by molar-refractivity contribution is -0.595. The molecule has 2 aliphatic heterocycles. The van der Waals surface area contributed by atoms with Crippen LogP contribution in [0.2, 0.25) is 0 Å². The molecule has 0 radical (unpaired) electrons. The summed E-state index contributed by atoms with van der Waals surface area (Å²) in [5.41, 5.74) is -1.56. The molecule has 2 aromatic heterocycles. The van der Waals surface area contributed by atoms with Crippen molar-refractivity contribution in [1.29, 1.82) is 0 Å². The van der Waals surface area contributed by atoms with Crippen LogP contribution in [-0.4, -0.2) is 158 Å². The van der Waals surface area contributed by atoms with Gasteiger partial charge in [0.2, 0.25) is 11.1 Å². The molecule has 27 heteroatoms. The number of para-hydroxylation sites is 2. The molecule has 9 rings (SSSR count). The van der Waals surface area contributed by atoms with E-state index in [0.29, 0.717) is 37.4 Å². The highest BCUT2D eigenvalue weighted by atomic mass is 19.1. The highest BCUT2D eigenvalue weighted by molar-refractivity contribution is 6.03. The molecular formula is C53H51FN7O19+. The summed E-state index contributed by atoms with van der Waals surface area (Å²) in [6.07, 6.45) is 5.93. The number of rotatable bonds is 11. The number of cyclic esters (lactones) is 3. The van der Waals surface area contributed by atoms with Crippen molar-refractivity contribution in [1.82, 2.24) is 20.5 Å². The number of carboxylic acids is 1. The van der Waals surface area contributed by atoms with E-state index in [1.54, 1.807) is 22.8 Å². The molecule has 4 aromatic carbocycles. The number of aliphatic hydroxyl groups excluding tert-OH is 1. The lowest BCUT2D eigenvalue weighted by Crippen LogP contribution is -2.53. The number of hydrogen-bond acceptors (Lipinski definition) is 20. The van der Waals surface area contributed by atoms with Crippen LogP contribution >= 0.6 is 0 Å².